The van der Waals surface area contributed by atoms with Crippen molar-refractivity contribution in [3.8, 4) is 0 Å². The van der Waals surface area contributed by atoms with E-state index in [0.717, 1.165) is 38.2 Å². The van der Waals surface area contributed by atoms with Crippen molar-refractivity contribution >= 4 is 36.0 Å². The molecule has 23 heavy (non-hydrogen) atoms. The Bertz CT molecular complexity index is 409. The first kappa shape index (κ1) is 20.6. The van der Waals surface area contributed by atoms with E-state index in [4.69, 9.17) is 0 Å². The summed E-state index contributed by atoms with van der Waals surface area (Å²) in [6, 6.07) is 0.201. The van der Waals surface area contributed by atoms with Crippen LogP contribution in [0.1, 0.15) is 33.6 Å². The first-order valence-electron chi connectivity index (χ1n) is 8.45. The van der Waals surface area contributed by atoms with Crippen molar-refractivity contribution in [2.24, 2.45) is 5.92 Å². The second-order valence-electron chi connectivity index (χ2n) is 6.46. The molecule has 2 atom stereocenters. The van der Waals surface area contributed by atoms with Crippen LogP contribution >= 0.6 is 24.2 Å². The maximum atomic E-state index is 12.8. The molecule has 2 heterocycles. The van der Waals surface area contributed by atoms with Crippen molar-refractivity contribution in [1.29, 1.82) is 0 Å². The lowest BCUT2D eigenvalue weighted by molar-refractivity contribution is -0.140. The Morgan fingerprint density at radius 1 is 1.39 bits per heavy atom. The lowest BCUT2D eigenvalue weighted by Gasteiger charge is -2.42. The van der Waals surface area contributed by atoms with Crippen molar-refractivity contribution in [2.45, 2.75) is 44.9 Å². The smallest absolute Gasteiger partial charge is 0.236 e. The largest absolute Gasteiger partial charge is 0.340 e. The summed E-state index contributed by atoms with van der Waals surface area (Å²) >= 11 is 1.74. The van der Waals surface area contributed by atoms with Gasteiger partial charge in [0.15, 0.2) is 0 Å². The van der Waals surface area contributed by atoms with Crippen LogP contribution in [0, 0.1) is 5.92 Å². The number of carbonyl (C=O) groups is 2. The molecule has 2 aliphatic rings. The highest BCUT2D eigenvalue weighted by atomic mass is 35.5. The normalized spacial score (nSPS) is 23.7. The van der Waals surface area contributed by atoms with Crippen molar-refractivity contribution in [1.82, 2.24) is 15.1 Å². The molecule has 0 aromatic carbocycles. The number of piperazine rings is 1. The van der Waals surface area contributed by atoms with Gasteiger partial charge in [-0.1, -0.05) is 20.8 Å². The summed E-state index contributed by atoms with van der Waals surface area (Å²) in [6.07, 6.45) is 2.01. The van der Waals surface area contributed by atoms with E-state index >= 15 is 0 Å². The predicted molar refractivity (Wildman–Crippen MR) is 98.2 cm³/mol. The third-order valence-corrected chi connectivity index (χ3v) is 5.91. The topological polar surface area (TPSA) is 52.7 Å². The Balaban J connectivity index is 0.00000264. The minimum Gasteiger partial charge on any atom is -0.340 e. The number of carbonyl (C=O) groups excluding carboxylic acids is 2. The van der Waals surface area contributed by atoms with Gasteiger partial charge in [-0.3, -0.25) is 9.59 Å². The molecule has 0 aromatic rings. The maximum Gasteiger partial charge on any atom is 0.236 e. The number of hydrogen-bond donors (Lipinski definition) is 1. The van der Waals surface area contributed by atoms with Gasteiger partial charge in [0.2, 0.25) is 11.8 Å². The Labute approximate surface area is 150 Å². The second kappa shape index (κ2) is 9.74. The predicted octanol–water partition coefficient (Wildman–Crippen LogP) is 1.61. The molecule has 0 bridgehead atoms. The van der Waals surface area contributed by atoms with Gasteiger partial charge in [-0.2, -0.15) is 0 Å². The van der Waals surface area contributed by atoms with Crippen LogP contribution in [0.25, 0.3) is 0 Å². The van der Waals surface area contributed by atoms with E-state index in [1.54, 1.807) is 11.8 Å². The van der Waals surface area contributed by atoms with Crippen LogP contribution in [0.5, 0.6) is 0 Å². The summed E-state index contributed by atoms with van der Waals surface area (Å²) < 4.78 is 0. The number of rotatable bonds is 5. The van der Waals surface area contributed by atoms with Gasteiger partial charge in [0.1, 0.15) is 0 Å². The molecule has 7 heteroatoms. The molecule has 5 nitrogen and oxygen atoms in total. The molecule has 0 radical (unpaired) electrons. The average molecular weight is 364 g/mol. The highest BCUT2D eigenvalue weighted by Crippen LogP contribution is 2.25. The number of amides is 2. The highest BCUT2D eigenvalue weighted by Gasteiger charge is 2.34. The van der Waals surface area contributed by atoms with Crippen LogP contribution in [0.15, 0.2) is 0 Å². The quantitative estimate of drug-likeness (QED) is 0.806. The molecule has 2 unspecified atom stereocenters. The van der Waals surface area contributed by atoms with Gasteiger partial charge >= 0.3 is 0 Å². The van der Waals surface area contributed by atoms with Crippen molar-refractivity contribution in [3.05, 3.63) is 0 Å². The fourth-order valence-electron chi connectivity index (χ4n) is 3.32. The average Bonchev–Trinajstić information content (AvgIpc) is 2.52. The van der Waals surface area contributed by atoms with Gasteiger partial charge in [-0.05, 0) is 24.5 Å². The van der Waals surface area contributed by atoms with E-state index in [-0.39, 0.29) is 35.5 Å². The summed E-state index contributed by atoms with van der Waals surface area (Å²) in [5, 5.41) is 3.16. The summed E-state index contributed by atoms with van der Waals surface area (Å²) in [5.74, 6) is 1.74. The number of piperidine rings is 1. The van der Waals surface area contributed by atoms with Crippen LogP contribution in [-0.2, 0) is 9.59 Å². The molecule has 0 spiro atoms. The number of likely N-dealkylation sites (tertiary alicyclic amines) is 1. The lowest BCUT2D eigenvalue weighted by atomic mass is 10.0. The van der Waals surface area contributed by atoms with Crippen molar-refractivity contribution < 1.29 is 9.59 Å². The zero-order valence-corrected chi connectivity index (χ0v) is 16.0. The zero-order valence-electron chi connectivity index (χ0n) is 14.4. The van der Waals surface area contributed by atoms with E-state index < -0.39 is 0 Å². The fraction of sp³-hybridized carbons (Fsp3) is 0.875. The molecular formula is C16H30ClN3O2S. The number of thioether (sulfide) groups is 1. The van der Waals surface area contributed by atoms with E-state index in [1.807, 2.05) is 9.80 Å². The van der Waals surface area contributed by atoms with Crippen LogP contribution in [0.4, 0.5) is 0 Å². The molecule has 2 fully saturated rings. The summed E-state index contributed by atoms with van der Waals surface area (Å²) in [6.45, 7) is 9.94. The molecule has 2 aliphatic heterocycles. The van der Waals surface area contributed by atoms with Gasteiger partial charge < -0.3 is 15.1 Å². The Morgan fingerprint density at radius 2 is 2.13 bits per heavy atom. The van der Waals surface area contributed by atoms with Crippen LogP contribution in [0.3, 0.4) is 0 Å². The van der Waals surface area contributed by atoms with Gasteiger partial charge in [-0.15, -0.1) is 24.2 Å². The van der Waals surface area contributed by atoms with Gasteiger partial charge in [0.25, 0.3) is 0 Å². The third kappa shape index (κ3) is 5.26. The summed E-state index contributed by atoms with van der Waals surface area (Å²) in [7, 11) is 0. The van der Waals surface area contributed by atoms with E-state index in [2.05, 4.69) is 26.1 Å². The van der Waals surface area contributed by atoms with Crippen molar-refractivity contribution in [3.63, 3.8) is 0 Å². The number of hydrogen-bond acceptors (Lipinski definition) is 4. The SMILES string of the molecule is CCSC(C(=O)N1CCCC(N2CCNCC2=O)C1)C(C)C.Cl. The molecule has 0 aromatic heterocycles. The minimum atomic E-state index is 0. The molecule has 2 saturated heterocycles. The summed E-state index contributed by atoms with van der Waals surface area (Å²) in [5.41, 5.74) is 0. The van der Waals surface area contributed by atoms with Gasteiger partial charge in [0.05, 0.1) is 11.8 Å². The van der Waals surface area contributed by atoms with E-state index in [0.29, 0.717) is 19.0 Å². The molecule has 0 saturated carbocycles. The Morgan fingerprint density at radius 3 is 2.74 bits per heavy atom. The molecule has 134 valence electrons. The lowest BCUT2D eigenvalue weighted by Crippen LogP contribution is -2.58. The summed E-state index contributed by atoms with van der Waals surface area (Å²) in [4.78, 5) is 28.9. The Hall–Kier alpha value is -0.460. The van der Waals surface area contributed by atoms with Crippen LogP contribution in [-0.4, -0.2) is 71.4 Å². The first-order chi connectivity index (χ1) is 10.5. The van der Waals surface area contributed by atoms with Crippen molar-refractivity contribution in [2.75, 3.05) is 38.5 Å². The van der Waals surface area contributed by atoms with E-state index in [9.17, 15) is 9.59 Å². The monoisotopic (exact) mass is 363 g/mol. The van der Waals surface area contributed by atoms with Gasteiger partial charge in [0, 0.05) is 32.2 Å². The molecule has 1 N–H and O–H groups in total. The number of halogens is 1. The third-order valence-electron chi connectivity index (χ3n) is 4.47. The molecule has 2 rings (SSSR count). The standard InChI is InChI=1S/C16H29N3O2S.ClH/c1-4-22-15(12(2)3)16(21)18-8-5-6-13(11-18)19-9-7-17-10-14(19)20;/h12-13,15,17H,4-11H2,1-3H3;1H. The van der Waals surface area contributed by atoms with E-state index in [1.165, 1.54) is 0 Å². The minimum absolute atomic E-state index is 0. The van der Waals surface area contributed by atoms with Gasteiger partial charge in [-0.25, -0.2) is 0 Å². The van der Waals surface area contributed by atoms with Crippen LogP contribution in [0.2, 0.25) is 0 Å². The first-order valence-corrected chi connectivity index (χ1v) is 9.50. The molecule has 2 amide bonds. The zero-order chi connectivity index (χ0) is 16.1. The molecule has 0 aliphatic carbocycles. The Kier molecular flexibility index (Phi) is 8.72. The molecular weight excluding hydrogens is 334 g/mol. The van der Waals surface area contributed by atoms with Crippen LogP contribution < -0.4 is 5.32 Å². The number of nitrogens with zero attached hydrogens (tertiary/aromatic N) is 2. The maximum absolute atomic E-state index is 12.8. The fourth-order valence-corrected chi connectivity index (χ4v) is 4.36. The highest BCUT2D eigenvalue weighted by molar-refractivity contribution is 8.00. The number of nitrogens with one attached hydrogen (secondary N) is 1. The second-order valence-corrected chi connectivity index (χ2v) is 7.88.